The molecular formula is C8H16O3. The van der Waals surface area contributed by atoms with E-state index in [0.717, 1.165) is 6.42 Å². The van der Waals surface area contributed by atoms with Crippen molar-refractivity contribution in [3.05, 3.63) is 0 Å². The Morgan fingerprint density at radius 3 is 2.64 bits per heavy atom. The molecule has 3 heteroatoms. The molecule has 0 aromatic rings. The molecule has 3 atom stereocenters. The van der Waals surface area contributed by atoms with Gasteiger partial charge in [-0.05, 0) is 6.42 Å². The summed E-state index contributed by atoms with van der Waals surface area (Å²) in [5.41, 5.74) is -0.124. The van der Waals surface area contributed by atoms with E-state index in [1.807, 2.05) is 13.8 Å². The molecule has 1 fully saturated rings. The second-order valence-electron chi connectivity index (χ2n) is 3.37. The van der Waals surface area contributed by atoms with Gasteiger partial charge in [-0.25, -0.2) is 0 Å². The molecule has 0 unspecified atom stereocenters. The molecule has 0 amide bonds. The maximum atomic E-state index is 9.66. The summed E-state index contributed by atoms with van der Waals surface area (Å²) < 4.78 is 10.2. The zero-order chi connectivity index (χ0) is 8.48. The van der Waals surface area contributed by atoms with Gasteiger partial charge >= 0.3 is 0 Å². The van der Waals surface area contributed by atoms with E-state index in [2.05, 4.69) is 0 Å². The zero-order valence-electron chi connectivity index (χ0n) is 7.33. The molecule has 0 aromatic carbocycles. The van der Waals surface area contributed by atoms with Crippen LogP contribution in [-0.2, 0) is 9.47 Å². The highest BCUT2D eigenvalue weighted by Crippen LogP contribution is 2.35. The van der Waals surface area contributed by atoms with Crippen LogP contribution in [0.15, 0.2) is 0 Å². The Bertz CT molecular complexity index is 137. The Morgan fingerprint density at radius 2 is 2.36 bits per heavy atom. The van der Waals surface area contributed by atoms with Gasteiger partial charge in [-0.3, -0.25) is 0 Å². The summed E-state index contributed by atoms with van der Waals surface area (Å²) in [6, 6.07) is 0. The molecule has 0 radical (unpaired) electrons. The monoisotopic (exact) mass is 160 g/mol. The molecule has 1 saturated heterocycles. The molecular weight excluding hydrogens is 144 g/mol. The van der Waals surface area contributed by atoms with Crippen LogP contribution in [0.5, 0.6) is 0 Å². The maximum Gasteiger partial charge on any atom is 0.183 e. The molecule has 1 rings (SSSR count). The average molecular weight is 160 g/mol. The van der Waals surface area contributed by atoms with Crippen molar-refractivity contribution in [2.24, 2.45) is 5.41 Å². The van der Waals surface area contributed by atoms with E-state index < -0.39 is 12.4 Å². The average Bonchev–Trinajstić information content (AvgIpc) is 2.31. The maximum absolute atomic E-state index is 9.66. The van der Waals surface area contributed by atoms with Crippen LogP contribution in [-0.4, -0.2) is 31.2 Å². The van der Waals surface area contributed by atoms with Crippen LogP contribution >= 0.6 is 0 Å². The highest BCUT2D eigenvalue weighted by atomic mass is 16.7. The van der Waals surface area contributed by atoms with Crippen LogP contribution in [0.4, 0.5) is 0 Å². The van der Waals surface area contributed by atoms with Gasteiger partial charge in [0.25, 0.3) is 0 Å². The van der Waals surface area contributed by atoms with Crippen LogP contribution in [0, 0.1) is 5.41 Å². The zero-order valence-corrected chi connectivity index (χ0v) is 7.33. The number of hydrogen-bond acceptors (Lipinski definition) is 3. The largest absolute Gasteiger partial charge is 0.387 e. The standard InChI is InChI=1S/C8H16O3/c1-4-8(2)5-11-7(10-3)6(8)9/h6-7,9H,4-5H2,1-3H3/t6-,7+,8-/m1/s1. The Kier molecular flexibility index (Phi) is 2.52. The Morgan fingerprint density at radius 1 is 1.73 bits per heavy atom. The molecule has 0 spiro atoms. The first-order chi connectivity index (χ1) is 5.14. The molecule has 0 bridgehead atoms. The Hall–Kier alpha value is -0.120. The molecule has 0 aromatic heterocycles. The Labute approximate surface area is 67.3 Å². The van der Waals surface area contributed by atoms with Crippen molar-refractivity contribution in [2.45, 2.75) is 32.7 Å². The van der Waals surface area contributed by atoms with E-state index in [4.69, 9.17) is 9.47 Å². The van der Waals surface area contributed by atoms with Crippen LogP contribution in [0.1, 0.15) is 20.3 Å². The number of methoxy groups -OCH3 is 1. The molecule has 1 aliphatic rings. The first kappa shape index (κ1) is 8.97. The normalized spacial score (nSPS) is 44.7. The molecule has 1 N–H and O–H groups in total. The van der Waals surface area contributed by atoms with Gasteiger partial charge in [0.15, 0.2) is 6.29 Å². The van der Waals surface area contributed by atoms with E-state index >= 15 is 0 Å². The van der Waals surface area contributed by atoms with E-state index in [1.54, 1.807) is 7.11 Å². The molecule has 66 valence electrons. The highest BCUT2D eigenvalue weighted by Gasteiger charge is 2.44. The van der Waals surface area contributed by atoms with Gasteiger partial charge in [-0.15, -0.1) is 0 Å². The second kappa shape index (κ2) is 3.09. The van der Waals surface area contributed by atoms with Crippen molar-refractivity contribution in [1.29, 1.82) is 0 Å². The SMILES string of the molecule is CC[C@]1(C)CO[C@H](OC)[C@H]1O. The van der Waals surface area contributed by atoms with Crippen molar-refractivity contribution in [3.63, 3.8) is 0 Å². The van der Waals surface area contributed by atoms with Gasteiger partial charge in [0.05, 0.1) is 6.61 Å². The van der Waals surface area contributed by atoms with Crippen LogP contribution in [0.25, 0.3) is 0 Å². The predicted octanol–water partition coefficient (Wildman–Crippen LogP) is 0.766. The lowest BCUT2D eigenvalue weighted by molar-refractivity contribution is -0.135. The van der Waals surface area contributed by atoms with Crippen molar-refractivity contribution in [3.8, 4) is 0 Å². The topological polar surface area (TPSA) is 38.7 Å². The van der Waals surface area contributed by atoms with Crippen molar-refractivity contribution < 1.29 is 14.6 Å². The second-order valence-corrected chi connectivity index (χ2v) is 3.37. The summed E-state index contributed by atoms with van der Waals surface area (Å²) in [5.74, 6) is 0. The molecule has 0 aliphatic carbocycles. The third-order valence-electron chi connectivity index (χ3n) is 2.59. The summed E-state index contributed by atoms with van der Waals surface area (Å²) in [6.07, 6.45) is -0.00829. The van der Waals surface area contributed by atoms with E-state index in [0.29, 0.717) is 6.61 Å². The minimum atomic E-state index is -0.488. The molecule has 1 aliphatic heterocycles. The summed E-state index contributed by atoms with van der Waals surface area (Å²) >= 11 is 0. The van der Waals surface area contributed by atoms with E-state index in [9.17, 15) is 5.11 Å². The first-order valence-corrected chi connectivity index (χ1v) is 3.96. The lowest BCUT2D eigenvalue weighted by Gasteiger charge is -2.24. The van der Waals surface area contributed by atoms with Crippen LogP contribution < -0.4 is 0 Å². The van der Waals surface area contributed by atoms with Crippen LogP contribution in [0.3, 0.4) is 0 Å². The molecule has 1 heterocycles. The van der Waals surface area contributed by atoms with Gasteiger partial charge in [0.1, 0.15) is 6.10 Å². The van der Waals surface area contributed by atoms with Crippen molar-refractivity contribution >= 4 is 0 Å². The van der Waals surface area contributed by atoms with Crippen LogP contribution in [0.2, 0.25) is 0 Å². The van der Waals surface area contributed by atoms with Crippen molar-refractivity contribution in [2.75, 3.05) is 13.7 Å². The minimum Gasteiger partial charge on any atom is -0.387 e. The third kappa shape index (κ3) is 1.41. The number of rotatable bonds is 2. The van der Waals surface area contributed by atoms with E-state index in [1.165, 1.54) is 0 Å². The van der Waals surface area contributed by atoms with Gasteiger partial charge < -0.3 is 14.6 Å². The van der Waals surface area contributed by atoms with E-state index in [-0.39, 0.29) is 5.41 Å². The molecule has 0 saturated carbocycles. The van der Waals surface area contributed by atoms with Gasteiger partial charge in [-0.1, -0.05) is 13.8 Å². The quantitative estimate of drug-likeness (QED) is 0.648. The fraction of sp³-hybridized carbons (Fsp3) is 1.00. The fourth-order valence-corrected chi connectivity index (χ4v) is 1.29. The number of aliphatic hydroxyl groups excluding tert-OH is 1. The summed E-state index contributed by atoms with van der Waals surface area (Å²) in [7, 11) is 1.55. The number of hydrogen-bond donors (Lipinski definition) is 1. The summed E-state index contributed by atoms with van der Waals surface area (Å²) in [4.78, 5) is 0. The summed E-state index contributed by atoms with van der Waals surface area (Å²) in [6.45, 7) is 4.64. The minimum absolute atomic E-state index is 0.124. The highest BCUT2D eigenvalue weighted by molar-refractivity contribution is 4.88. The lowest BCUT2D eigenvalue weighted by atomic mass is 9.84. The fourth-order valence-electron chi connectivity index (χ4n) is 1.29. The smallest absolute Gasteiger partial charge is 0.183 e. The number of aliphatic hydroxyl groups is 1. The number of ether oxygens (including phenoxy) is 2. The summed E-state index contributed by atoms with van der Waals surface area (Å²) in [5, 5.41) is 9.66. The van der Waals surface area contributed by atoms with Gasteiger partial charge in [0, 0.05) is 12.5 Å². The van der Waals surface area contributed by atoms with Gasteiger partial charge in [-0.2, -0.15) is 0 Å². The third-order valence-corrected chi connectivity index (χ3v) is 2.59. The van der Waals surface area contributed by atoms with Gasteiger partial charge in [0.2, 0.25) is 0 Å². The first-order valence-electron chi connectivity index (χ1n) is 3.96. The van der Waals surface area contributed by atoms with Crippen molar-refractivity contribution in [1.82, 2.24) is 0 Å². The molecule has 3 nitrogen and oxygen atoms in total. The lowest BCUT2D eigenvalue weighted by Crippen LogP contribution is -2.35. The predicted molar refractivity (Wildman–Crippen MR) is 41.2 cm³/mol. The Balaban J connectivity index is 2.61. The molecule has 11 heavy (non-hydrogen) atoms.